The minimum Gasteiger partial charge on any atom is -0.305 e. The molecule has 4 saturated carbocycles. The fourth-order valence-electron chi connectivity index (χ4n) is 5.83. The molecule has 5 rings (SSSR count). The second-order valence-corrected chi connectivity index (χ2v) is 10.7. The SMILES string of the molecule is O=CCNC12CC3CC(C1)CC(NS(=O)(=O)c1ccc(Cl)c(Cl)c1)(C3)C2. The minimum atomic E-state index is -3.70. The zero-order valence-electron chi connectivity index (χ0n) is 14.3. The van der Waals surface area contributed by atoms with Crippen LogP contribution in [0, 0.1) is 11.8 Å². The van der Waals surface area contributed by atoms with Gasteiger partial charge in [0.25, 0.3) is 0 Å². The van der Waals surface area contributed by atoms with Crippen LogP contribution in [-0.4, -0.2) is 32.3 Å². The largest absolute Gasteiger partial charge is 0.305 e. The van der Waals surface area contributed by atoms with Crippen LogP contribution in [0.2, 0.25) is 10.0 Å². The molecule has 4 aliphatic carbocycles. The molecule has 142 valence electrons. The summed E-state index contributed by atoms with van der Waals surface area (Å²) in [5.74, 6) is 0.985. The Hall–Kier alpha value is -0.660. The first-order chi connectivity index (χ1) is 12.2. The Kier molecular flexibility index (Phi) is 4.64. The average molecular weight is 417 g/mol. The van der Waals surface area contributed by atoms with Gasteiger partial charge in [0, 0.05) is 11.1 Å². The van der Waals surface area contributed by atoms with E-state index in [4.69, 9.17) is 23.2 Å². The highest BCUT2D eigenvalue weighted by Crippen LogP contribution is 2.57. The molecule has 0 heterocycles. The van der Waals surface area contributed by atoms with E-state index >= 15 is 0 Å². The van der Waals surface area contributed by atoms with Crippen LogP contribution < -0.4 is 10.0 Å². The van der Waals surface area contributed by atoms with Gasteiger partial charge in [0.2, 0.25) is 10.0 Å². The first-order valence-corrected chi connectivity index (χ1v) is 11.2. The van der Waals surface area contributed by atoms with Crippen molar-refractivity contribution in [2.24, 2.45) is 11.8 Å². The van der Waals surface area contributed by atoms with Crippen LogP contribution >= 0.6 is 23.2 Å². The quantitative estimate of drug-likeness (QED) is 0.698. The summed E-state index contributed by atoms with van der Waals surface area (Å²) in [6, 6.07) is 4.38. The van der Waals surface area contributed by atoms with Crippen LogP contribution in [0.15, 0.2) is 23.1 Å². The van der Waals surface area contributed by atoms with E-state index in [1.807, 2.05) is 0 Å². The monoisotopic (exact) mass is 416 g/mol. The number of aldehydes is 1. The number of halogens is 2. The minimum absolute atomic E-state index is 0.134. The molecule has 4 bridgehead atoms. The van der Waals surface area contributed by atoms with E-state index in [1.165, 1.54) is 18.2 Å². The fraction of sp³-hybridized carbons (Fsp3) is 0.611. The summed E-state index contributed by atoms with van der Waals surface area (Å²) < 4.78 is 29.0. The number of carbonyl (C=O) groups is 1. The molecule has 0 aliphatic heterocycles. The molecule has 2 N–H and O–H groups in total. The topological polar surface area (TPSA) is 75.3 Å². The summed E-state index contributed by atoms with van der Waals surface area (Å²) >= 11 is 11.9. The predicted octanol–water partition coefficient (Wildman–Crippen LogP) is 3.15. The van der Waals surface area contributed by atoms with E-state index in [0.29, 0.717) is 23.4 Å². The normalized spacial score (nSPS) is 35.6. The predicted molar refractivity (Wildman–Crippen MR) is 101 cm³/mol. The molecule has 0 saturated heterocycles. The van der Waals surface area contributed by atoms with Gasteiger partial charge in [-0.25, -0.2) is 13.1 Å². The van der Waals surface area contributed by atoms with Gasteiger partial charge in [-0.15, -0.1) is 0 Å². The Balaban J connectivity index is 1.62. The number of carbonyl (C=O) groups excluding carboxylic acids is 1. The summed E-state index contributed by atoms with van der Waals surface area (Å²) in [4.78, 5) is 11.0. The van der Waals surface area contributed by atoms with Crippen LogP contribution in [0.25, 0.3) is 0 Å². The van der Waals surface area contributed by atoms with Crippen LogP contribution in [0.1, 0.15) is 38.5 Å². The average Bonchev–Trinajstić information content (AvgIpc) is 2.53. The molecule has 2 unspecified atom stereocenters. The number of rotatable bonds is 6. The van der Waals surface area contributed by atoms with Gasteiger partial charge >= 0.3 is 0 Å². The van der Waals surface area contributed by atoms with E-state index in [9.17, 15) is 13.2 Å². The molecule has 0 spiro atoms. The fourth-order valence-corrected chi connectivity index (χ4v) is 7.64. The molecule has 8 heteroatoms. The Morgan fingerprint density at radius 3 is 2.35 bits per heavy atom. The van der Waals surface area contributed by atoms with Gasteiger partial charge in [-0.05, 0) is 68.6 Å². The van der Waals surface area contributed by atoms with Crippen LogP contribution in [-0.2, 0) is 14.8 Å². The summed E-state index contributed by atoms with van der Waals surface area (Å²) in [6.45, 7) is 0.315. The van der Waals surface area contributed by atoms with Gasteiger partial charge in [0.05, 0.1) is 21.5 Å². The lowest BCUT2D eigenvalue weighted by Gasteiger charge is -2.62. The molecular weight excluding hydrogens is 395 g/mol. The van der Waals surface area contributed by atoms with Crippen molar-refractivity contribution in [1.29, 1.82) is 0 Å². The van der Waals surface area contributed by atoms with Crippen molar-refractivity contribution in [3.8, 4) is 0 Å². The van der Waals surface area contributed by atoms with Gasteiger partial charge in [0.15, 0.2) is 0 Å². The Morgan fingerprint density at radius 1 is 1.08 bits per heavy atom. The van der Waals surface area contributed by atoms with Crippen molar-refractivity contribution in [2.75, 3.05) is 6.54 Å². The molecular formula is C18H22Cl2N2O3S. The van der Waals surface area contributed by atoms with E-state index in [0.717, 1.165) is 44.8 Å². The van der Waals surface area contributed by atoms with Crippen molar-refractivity contribution in [1.82, 2.24) is 10.0 Å². The van der Waals surface area contributed by atoms with Crippen molar-refractivity contribution in [3.05, 3.63) is 28.2 Å². The molecule has 5 nitrogen and oxygen atoms in total. The maximum Gasteiger partial charge on any atom is 0.241 e. The number of hydrogen-bond acceptors (Lipinski definition) is 4. The van der Waals surface area contributed by atoms with Crippen molar-refractivity contribution in [3.63, 3.8) is 0 Å². The number of sulfonamides is 1. The van der Waals surface area contributed by atoms with Gasteiger partial charge in [-0.3, -0.25) is 0 Å². The molecule has 1 aromatic carbocycles. The van der Waals surface area contributed by atoms with E-state index in [1.54, 1.807) is 0 Å². The van der Waals surface area contributed by atoms with E-state index in [-0.39, 0.29) is 15.5 Å². The third-order valence-electron chi connectivity index (χ3n) is 6.17. The van der Waals surface area contributed by atoms with Gasteiger partial charge in [0.1, 0.15) is 6.29 Å². The van der Waals surface area contributed by atoms with Gasteiger partial charge < -0.3 is 10.1 Å². The molecule has 4 fully saturated rings. The molecule has 2 atom stereocenters. The third-order valence-corrected chi connectivity index (χ3v) is 8.49. The zero-order chi connectivity index (χ0) is 18.6. The summed E-state index contributed by atoms with van der Waals surface area (Å²) in [7, 11) is -3.70. The molecule has 26 heavy (non-hydrogen) atoms. The summed E-state index contributed by atoms with van der Waals surface area (Å²) in [6.07, 6.45) is 6.51. The summed E-state index contributed by atoms with van der Waals surface area (Å²) in [5.41, 5.74) is -0.587. The smallest absolute Gasteiger partial charge is 0.241 e. The number of nitrogens with one attached hydrogen (secondary N) is 2. The molecule has 0 amide bonds. The zero-order valence-corrected chi connectivity index (χ0v) is 16.6. The number of benzene rings is 1. The van der Waals surface area contributed by atoms with E-state index < -0.39 is 15.6 Å². The lowest BCUT2D eigenvalue weighted by molar-refractivity contribution is -0.108. The van der Waals surface area contributed by atoms with Gasteiger partial charge in [-0.1, -0.05) is 23.2 Å². The van der Waals surface area contributed by atoms with Crippen molar-refractivity contribution < 1.29 is 13.2 Å². The Morgan fingerprint density at radius 2 is 1.73 bits per heavy atom. The van der Waals surface area contributed by atoms with Crippen molar-refractivity contribution in [2.45, 2.75) is 54.5 Å². The van der Waals surface area contributed by atoms with Gasteiger partial charge in [-0.2, -0.15) is 0 Å². The number of hydrogen-bond donors (Lipinski definition) is 2. The maximum atomic E-state index is 13.0. The molecule has 1 aromatic rings. The molecule has 0 aromatic heterocycles. The second-order valence-electron chi connectivity index (χ2n) is 8.25. The first-order valence-electron chi connectivity index (χ1n) is 8.93. The second kappa shape index (κ2) is 6.45. The Labute approximate surface area is 163 Å². The van der Waals surface area contributed by atoms with Crippen LogP contribution in [0.4, 0.5) is 0 Å². The standard InChI is InChI=1S/C18H22Cl2N2O3S/c19-15-2-1-14(6-16(15)20)26(24,25)22-18-9-12-5-13(10-18)8-17(7-12,11-18)21-3-4-23/h1-2,4,6,12-13,21-22H,3,5,7-11H2. The maximum absolute atomic E-state index is 13.0. The molecule has 4 aliphatic rings. The van der Waals surface area contributed by atoms with Crippen LogP contribution in [0.3, 0.4) is 0 Å². The third kappa shape index (κ3) is 3.31. The summed E-state index contributed by atoms with van der Waals surface area (Å²) in [5, 5.41) is 3.96. The highest BCUT2D eigenvalue weighted by molar-refractivity contribution is 7.89. The lowest BCUT2D eigenvalue weighted by atomic mass is 9.50. The lowest BCUT2D eigenvalue weighted by Crippen LogP contribution is -2.69. The highest BCUT2D eigenvalue weighted by atomic mass is 35.5. The van der Waals surface area contributed by atoms with E-state index in [2.05, 4.69) is 10.0 Å². The molecule has 0 radical (unpaired) electrons. The Bertz CT molecular complexity index is 829. The first kappa shape index (κ1) is 18.7. The van der Waals surface area contributed by atoms with Crippen LogP contribution in [0.5, 0.6) is 0 Å². The highest BCUT2D eigenvalue weighted by Gasteiger charge is 2.58. The van der Waals surface area contributed by atoms with Crippen molar-refractivity contribution >= 4 is 39.5 Å².